The van der Waals surface area contributed by atoms with Crippen molar-refractivity contribution in [2.75, 3.05) is 5.75 Å². The van der Waals surface area contributed by atoms with Gasteiger partial charge in [0.15, 0.2) is 0 Å². The molecule has 2 fully saturated rings. The highest BCUT2D eigenvalue weighted by Crippen LogP contribution is 2.34. The number of thioether (sulfide) groups is 1. The van der Waals surface area contributed by atoms with Gasteiger partial charge in [-0.25, -0.2) is 4.79 Å². The van der Waals surface area contributed by atoms with Crippen LogP contribution in [0.15, 0.2) is 29.2 Å². The zero-order valence-corrected chi connectivity index (χ0v) is 14.0. The fourth-order valence-corrected chi connectivity index (χ4v) is 3.96. The molecule has 2 aliphatic heterocycles. The standard InChI is InChI=1S/C17H24N2O2S/c1-3-22-14-7-4-12(5-8-14)11(2)18-17(20)19-15-10-13-6-9-16(15)21-13/h4-5,7-8,11,13,15-16H,3,6,9-10H2,1-2H3,(H2,18,19,20). The molecule has 1 aromatic rings. The summed E-state index contributed by atoms with van der Waals surface area (Å²) in [6.07, 6.45) is 3.74. The van der Waals surface area contributed by atoms with Crippen LogP contribution in [-0.4, -0.2) is 30.0 Å². The second-order valence-electron chi connectivity index (χ2n) is 6.06. The molecule has 120 valence electrons. The van der Waals surface area contributed by atoms with Gasteiger partial charge in [0.05, 0.1) is 24.3 Å². The number of carbonyl (C=O) groups excluding carboxylic acids is 1. The van der Waals surface area contributed by atoms with Gasteiger partial charge >= 0.3 is 6.03 Å². The minimum atomic E-state index is -0.0966. The molecule has 2 saturated heterocycles. The number of hydrogen-bond acceptors (Lipinski definition) is 3. The van der Waals surface area contributed by atoms with Gasteiger partial charge in [0.1, 0.15) is 0 Å². The van der Waals surface area contributed by atoms with Gasteiger partial charge in [-0.05, 0) is 49.6 Å². The summed E-state index contributed by atoms with van der Waals surface area (Å²) in [6.45, 7) is 4.16. The Morgan fingerprint density at radius 1 is 1.36 bits per heavy atom. The number of ether oxygens (including phenoxy) is 1. The minimum Gasteiger partial charge on any atom is -0.373 e. The van der Waals surface area contributed by atoms with Crippen LogP contribution >= 0.6 is 11.8 Å². The molecule has 0 aliphatic carbocycles. The first kappa shape index (κ1) is 15.7. The third-order valence-corrected chi connectivity index (χ3v) is 5.36. The van der Waals surface area contributed by atoms with Crippen LogP contribution in [0.1, 0.15) is 44.7 Å². The summed E-state index contributed by atoms with van der Waals surface area (Å²) in [5.41, 5.74) is 1.12. The lowest BCUT2D eigenvalue weighted by Gasteiger charge is -2.22. The molecule has 22 heavy (non-hydrogen) atoms. The molecule has 4 atom stereocenters. The molecule has 0 spiro atoms. The van der Waals surface area contributed by atoms with Crippen LogP contribution in [0.5, 0.6) is 0 Å². The first-order valence-electron chi connectivity index (χ1n) is 8.11. The zero-order chi connectivity index (χ0) is 15.5. The van der Waals surface area contributed by atoms with Crippen molar-refractivity contribution in [1.82, 2.24) is 10.6 Å². The molecule has 0 saturated carbocycles. The number of hydrogen-bond donors (Lipinski definition) is 2. The van der Waals surface area contributed by atoms with Crippen molar-refractivity contribution in [3.05, 3.63) is 29.8 Å². The summed E-state index contributed by atoms with van der Waals surface area (Å²) in [4.78, 5) is 13.4. The molecule has 2 N–H and O–H groups in total. The number of rotatable bonds is 5. The number of nitrogens with one attached hydrogen (secondary N) is 2. The van der Waals surface area contributed by atoms with E-state index in [-0.39, 0.29) is 24.2 Å². The van der Waals surface area contributed by atoms with Crippen molar-refractivity contribution < 1.29 is 9.53 Å². The lowest BCUT2D eigenvalue weighted by atomic mass is 9.96. The highest BCUT2D eigenvalue weighted by molar-refractivity contribution is 7.99. The predicted octanol–water partition coefficient (Wildman–Crippen LogP) is 3.48. The van der Waals surface area contributed by atoms with Gasteiger partial charge in [0.25, 0.3) is 0 Å². The van der Waals surface area contributed by atoms with Crippen LogP contribution in [0, 0.1) is 0 Å². The van der Waals surface area contributed by atoms with Crippen molar-refractivity contribution in [1.29, 1.82) is 0 Å². The normalized spacial score (nSPS) is 27.6. The van der Waals surface area contributed by atoms with Gasteiger partial charge < -0.3 is 15.4 Å². The molecule has 2 heterocycles. The first-order chi connectivity index (χ1) is 10.7. The Balaban J connectivity index is 1.50. The maximum atomic E-state index is 12.1. The summed E-state index contributed by atoms with van der Waals surface area (Å²) in [7, 11) is 0. The van der Waals surface area contributed by atoms with Crippen LogP contribution in [0.3, 0.4) is 0 Å². The van der Waals surface area contributed by atoms with Crippen molar-refractivity contribution in [3.63, 3.8) is 0 Å². The third kappa shape index (κ3) is 3.58. The summed E-state index contributed by atoms with van der Waals surface area (Å²) < 4.78 is 5.77. The van der Waals surface area contributed by atoms with E-state index in [0.29, 0.717) is 6.10 Å². The van der Waals surface area contributed by atoms with Crippen LogP contribution in [-0.2, 0) is 4.74 Å². The number of amides is 2. The Morgan fingerprint density at radius 3 is 2.73 bits per heavy atom. The van der Waals surface area contributed by atoms with Gasteiger partial charge in [0, 0.05) is 4.90 Å². The topological polar surface area (TPSA) is 50.4 Å². The predicted molar refractivity (Wildman–Crippen MR) is 89.2 cm³/mol. The average molecular weight is 320 g/mol. The Kier molecular flexibility index (Phi) is 4.93. The van der Waals surface area contributed by atoms with Crippen LogP contribution in [0.25, 0.3) is 0 Å². The highest BCUT2D eigenvalue weighted by Gasteiger charge is 2.41. The highest BCUT2D eigenvalue weighted by atomic mass is 32.2. The molecular weight excluding hydrogens is 296 g/mol. The van der Waals surface area contributed by atoms with Crippen molar-refractivity contribution in [2.24, 2.45) is 0 Å². The van der Waals surface area contributed by atoms with Crippen LogP contribution in [0.4, 0.5) is 4.79 Å². The Hall–Kier alpha value is -1.20. The van der Waals surface area contributed by atoms with E-state index in [4.69, 9.17) is 4.74 Å². The molecule has 2 aliphatic rings. The van der Waals surface area contributed by atoms with Gasteiger partial charge in [-0.2, -0.15) is 0 Å². The van der Waals surface area contributed by atoms with Crippen LogP contribution < -0.4 is 10.6 Å². The van der Waals surface area contributed by atoms with E-state index < -0.39 is 0 Å². The van der Waals surface area contributed by atoms with E-state index in [9.17, 15) is 4.79 Å². The van der Waals surface area contributed by atoms with E-state index in [1.165, 1.54) is 4.90 Å². The van der Waals surface area contributed by atoms with Gasteiger partial charge in [-0.1, -0.05) is 19.1 Å². The number of carbonyl (C=O) groups is 1. The summed E-state index contributed by atoms with van der Waals surface area (Å²) in [6, 6.07) is 8.48. The maximum Gasteiger partial charge on any atom is 0.315 e. The molecular formula is C17H24N2O2S. The third-order valence-electron chi connectivity index (χ3n) is 4.46. The summed E-state index contributed by atoms with van der Waals surface area (Å²) >= 11 is 1.82. The molecule has 5 heteroatoms. The Bertz CT molecular complexity index is 520. The fourth-order valence-electron chi connectivity index (χ4n) is 3.30. The van der Waals surface area contributed by atoms with E-state index in [1.807, 2.05) is 18.7 Å². The zero-order valence-electron chi connectivity index (χ0n) is 13.2. The fraction of sp³-hybridized carbons (Fsp3) is 0.588. The minimum absolute atomic E-state index is 0.000172. The molecule has 0 aromatic heterocycles. The van der Waals surface area contributed by atoms with Crippen molar-refractivity contribution >= 4 is 17.8 Å². The number of fused-ring (bicyclic) bond motifs is 2. The second-order valence-corrected chi connectivity index (χ2v) is 7.40. The molecule has 2 amide bonds. The van der Waals surface area contributed by atoms with Crippen molar-refractivity contribution in [2.45, 2.75) is 62.3 Å². The Morgan fingerprint density at radius 2 is 2.14 bits per heavy atom. The van der Waals surface area contributed by atoms with Gasteiger partial charge in [-0.3, -0.25) is 0 Å². The number of benzene rings is 1. The monoisotopic (exact) mass is 320 g/mol. The molecule has 3 rings (SSSR count). The molecule has 1 aromatic carbocycles. The van der Waals surface area contributed by atoms with E-state index >= 15 is 0 Å². The second kappa shape index (κ2) is 6.92. The molecule has 2 bridgehead atoms. The smallest absolute Gasteiger partial charge is 0.315 e. The number of urea groups is 1. The van der Waals surface area contributed by atoms with Crippen molar-refractivity contribution in [3.8, 4) is 0 Å². The van der Waals surface area contributed by atoms with E-state index in [2.05, 4.69) is 41.8 Å². The quantitative estimate of drug-likeness (QED) is 0.817. The van der Waals surface area contributed by atoms with E-state index in [1.54, 1.807) is 0 Å². The average Bonchev–Trinajstić information content (AvgIpc) is 3.10. The molecule has 4 unspecified atom stereocenters. The van der Waals surface area contributed by atoms with Gasteiger partial charge in [-0.15, -0.1) is 11.8 Å². The van der Waals surface area contributed by atoms with E-state index in [0.717, 1.165) is 30.6 Å². The molecule has 0 radical (unpaired) electrons. The lowest BCUT2D eigenvalue weighted by molar-refractivity contribution is 0.0980. The molecule has 4 nitrogen and oxygen atoms in total. The summed E-state index contributed by atoms with van der Waals surface area (Å²) in [5.74, 6) is 1.07. The summed E-state index contributed by atoms with van der Waals surface area (Å²) in [5, 5.41) is 6.09. The maximum absolute atomic E-state index is 12.1. The first-order valence-corrected chi connectivity index (χ1v) is 9.09. The largest absolute Gasteiger partial charge is 0.373 e. The van der Waals surface area contributed by atoms with Crippen LogP contribution in [0.2, 0.25) is 0 Å². The van der Waals surface area contributed by atoms with Gasteiger partial charge in [0.2, 0.25) is 0 Å². The SMILES string of the molecule is CCSc1ccc(C(C)NC(=O)NC2CC3CCC2O3)cc1. The Labute approximate surface area is 136 Å². The lowest BCUT2D eigenvalue weighted by Crippen LogP contribution is -2.46.